The zero-order valence-corrected chi connectivity index (χ0v) is 9.36. The Morgan fingerprint density at radius 1 is 1.44 bits per heavy atom. The lowest BCUT2D eigenvalue weighted by molar-refractivity contribution is 0.416. The molecular weight excluding hydrogens is 204 g/mol. The van der Waals surface area contributed by atoms with Gasteiger partial charge in [0.15, 0.2) is 0 Å². The van der Waals surface area contributed by atoms with Gasteiger partial charge in [-0.1, -0.05) is 0 Å². The van der Waals surface area contributed by atoms with Crippen molar-refractivity contribution < 1.29 is 4.74 Å². The van der Waals surface area contributed by atoms with Crippen molar-refractivity contribution in [2.24, 2.45) is 5.73 Å². The van der Waals surface area contributed by atoms with E-state index in [1.807, 2.05) is 12.1 Å². The van der Waals surface area contributed by atoms with Crippen LogP contribution in [0.15, 0.2) is 18.2 Å². The molecule has 0 spiro atoms. The fourth-order valence-electron chi connectivity index (χ4n) is 1.88. The van der Waals surface area contributed by atoms with Gasteiger partial charge in [0.2, 0.25) is 0 Å². The van der Waals surface area contributed by atoms with Crippen LogP contribution in [0.5, 0.6) is 5.75 Å². The number of nitrogens with two attached hydrogens (primary N) is 2. The summed E-state index contributed by atoms with van der Waals surface area (Å²) in [6, 6.07) is 5.92. The van der Waals surface area contributed by atoms with Crippen LogP contribution >= 0.6 is 0 Å². The lowest BCUT2D eigenvalue weighted by Crippen LogP contribution is -2.38. The van der Waals surface area contributed by atoms with E-state index in [1.54, 1.807) is 13.2 Å². The first-order chi connectivity index (χ1) is 7.70. The Kier molecular flexibility index (Phi) is 3.17. The summed E-state index contributed by atoms with van der Waals surface area (Å²) in [4.78, 5) is 0. The standard InChI is InChI=1S/C11H18N4O/c1-16-11-4-7(12)2-3-9(11)15-10-6-14-5-8(10)13/h2-4,8,10,14-15H,5-6,12-13H2,1H3. The molecule has 1 aliphatic rings. The molecule has 1 aliphatic heterocycles. The van der Waals surface area contributed by atoms with Crippen molar-refractivity contribution in [3.05, 3.63) is 18.2 Å². The Bertz CT molecular complexity index is 369. The summed E-state index contributed by atoms with van der Waals surface area (Å²) < 4.78 is 5.27. The molecule has 1 heterocycles. The predicted molar refractivity (Wildman–Crippen MR) is 65.7 cm³/mol. The van der Waals surface area contributed by atoms with E-state index < -0.39 is 0 Å². The van der Waals surface area contributed by atoms with E-state index in [4.69, 9.17) is 16.2 Å². The summed E-state index contributed by atoms with van der Waals surface area (Å²) in [5, 5.41) is 6.61. The highest BCUT2D eigenvalue weighted by Gasteiger charge is 2.23. The zero-order chi connectivity index (χ0) is 11.5. The van der Waals surface area contributed by atoms with E-state index in [9.17, 15) is 0 Å². The Morgan fingerprint density at radius 3 is 2.88 bits per heavy atom. The zero-order valence-electron chi connectivity index (χ0n) is 9.36. The summed E-state index contributed by atoms with van der Waals surface area (Å²) in [7, 11) is 1.63. The molecule has 88 valence electrons. The molecule has 0 radical (unpaired) electrons. The van der Waals surface area contributed by atoms with Gasteiger partial charge < -0.3 is 26.8 Å². The van der Waals surface area contributed by atoms with Gasteiger partial charge in [-0.05, 0) is 12.1 Å². The summed E-state index contributed by atoms with van der Waals surface area (Å²) in [5.41, 5.74) is 13.3. The first-order valence-electron chi connectivity index (χ1n) is 5.37. The van der Waals surface area contributed by atoms with E-state index in [0.717, 1.165) is 24.5 Å². The fraction of sp³-hybridized carbons (Fsp3) is 0.455. The second kappa shape index (κ2) is 4.59. The highest BCUT2D eigenvalue weighted by atomic mass is 16.5. The minimum Gasteiger partial charge on any atom is -0.495 e. The van der Waals surface area contributed by atoms with E-state index in [0.29, 0.717) is 5.69 Å². The number of nitrogen functional groups attached to an aromatic ring is 1. The molecule has 0 saturated carbocycles. The lowest BCUT2D eigenvalue weighted by atomic mass is 10.1. The lowest BCUT2D eigenvalue weighted by Gasteiger charge is -2.19. The van der Waals surface area contributed by atoms with Gasteiger partial charge >= 0.3 is 0 Å². The Balaban J connectivity index is 2.14. The van der Waals surface area contributed by atoms with Crippen LogP contribution in [0.4, 0.5) is 11.4 Å². The molecule has 6 N–H and O–H groups in total. The van der Waals surface area contributed by atoms with Crippen LogP contribution in [0.3, 0.4) is 0 Å². The van der Waals surface area contributed by atoms with Crippen LogP contribution in [0.1, 0.15) is 0 Å². The molecule has 1 fully saturated rings. The van der Waals surface area contributed by atoms with Gasteiger partial charge in [-0.25, -0.2) is 0 Å². The third-order valence-corrected chi connectivity index (χ3v) is 2.83. The van der Waals surface area contributed by atoms with Crippen molar-refractivity contribution in [3.8, 4) is 5.75 Å². The van der Waals surface area contributed by atoms with Crippen LogP contribution in [-0.4, -0.2) is 32.3 Å². The minimum absolute atomic E-state index is 0.127. The van der Waals surface area contributed by atoms with Gasteiger partial charge in [0.1, 0.15) is 5.75 Å². The van der Waals surface area contributed by atoms with Crippen LogP contribution in [0.2, 0.25) is 0 Å². The highest BCUT2D eigenvalue weighted by Crippen LogP contribution is 2.27. The molecule has 2 unspecified atom stereocenters. The van der Waals surface area contributed by atoms with Gasteiger partial charge in [0, 0.05) is 30.9 Å². The van der Waals surface area contributed by atoms with Crippen molar-refractivity contribution in [1.29, 1.82) is 0 Å². The van der Waals surface area contributed by atoms with E-state index in [1.165, 1.54) is 0 Å². The number of anilines is 2. The average Bonchev–Trinajstić information content (AvgIpc) is 2.67. The van der Waals surface area contributed by atoms with E-state index >= 15 is 0 Å². The fourth-order valence-corrected chi connectivity index (χ4v) is 1.88. The molecule has 2 atom stereocenters. The molecule has 0 bridgehead atoms. The Morgan fingerprint density at radius 2 is 2.25 bits per heavy atom. The molecule has 0 amide bonds. The molecule has 1 aromatic rings. The van der Waals surface area contributed by atoms with Crippen LogP contribution in [0, 0.1) is 0 Å². The number of ether oxygens (including phenoxy) is 1. The highest BCUT2D eigenvalue weighted by molar-refractivity contribution is 5.63. The number of hydrogen-bond acceptors (Lipinski definition) is 5. The quantitative estimate of drug-likeness (QED) is 0.540. The minimum atomic E-state index is 0.127. The topological polar surface area (TPSA) is 85.3 Å². The van der Waals surface area contributed by atoms with Gasteiger partial charge in [-0.3, -0.25) is 0 Å². The molecular formula is C11H18N4O. The number of hydrogen-bond donors (Lipinski definition) is 4. The maximum Gasteiger partial charge on any atom is 0.144 e. The molecule has 2 rings (SSSR count). The molecule has 0 aliphatic carbocycles. The van der Waals surface area contributed by atoms with Crippen molar-refractivity contribution >= 4 is 11.4 Å². The Labute approximate surface area is 95.1 Å². The van der Waals surface area contributed by atoms with E-state index in [-0.39, 0.29) is 12.1 Å². The molecule has 5 nitrogen and oxygen atoms in total. The van der Waals surface area contributed by atoms with Crippen molar-refractivity contribution in [2.45, 2.75) is 12.1 Å². The second-order valence-electron chi connectivity index (χ2n) is 4.03. The molecule has 1 saturated heterocycles. The first-order valence-corrected chi connectivity index (χ1v) is 5.37. The van der Waals surface area contributed by atoms with Gasteiger partial charge in [0.25, 0.3) is 0 Å². The average molecular weight is 222 g/mol. The second-order valence-corrected chi connectivity index (χ2v) is 4.03. The monoisotopic (exact) mass is 222 g/mol. The third-order valence-electron chi connectivity index (χ3n) is 2.83. The summed E-state index contributed by atoms with van der Waals surface area (Å²) in [6.45, 7) is 1.71. The molecule has 16 heavy (non-hydrogen) atoms. The maximum absolute atomic E-state index is 5.96. The number of benzene rings is 1. The van der Waals surface area contributed by atoms with Crippen LogP contribution < -0.4 is 26.8 Å². The first kappa shape index (κ1) is 11.0. The predicted octanol–water partition coefficient (Wildman–Crippen LogP) is -0.0116. The molecule has 5 heteroatoms. The molecule has 0 aromatic heterocycles. The number of rotatable bonds is 3. The number of nitrogens with one attached hydrogen (secondary N) is 2. The van der Waals surface area contributed by atoms with Gasteiger partial charge in [-0.15, -0.1) is 0 Å². The van der Waals surface area contributed by atoms with Crippen molar-refractivity contribution in [3.63, 3.8) is 0 Å². The van der Waals surface area contributed by atoms with Crippen molar-refractivity contribution in [2.75, 3.05) is 31.2 Å². The summed E-state index contributed by atoms with van der Waals surface area (Å²) in [6.07, 6.45) is 0. The molecule has 1 aromatic carbocycles. The Hall–Kier alpha value is -1.46. The van der Waals surface area contributed by atoms with Crippen LogP contribution in [-0.2, 0) is 0 Å². The summed E-state index contributed by atoms with van der Waals surface area (Å²) in [5.74, 6) is 0.749. The number of methoxy groups -OCH3 is 1. The van der Waals surface area contributed by atoms with E-state index in [2.05, 4.69) is 10.6 Å². The third kappa shape index (κ3) is 2.20. The van der Waals surface area contributed by atoms with Gasteiger partial charge in [0.05, 0.1) is 18.8 Å². The largest absolute Gasteiger partial charge is 0.495 e. The van der Waals surface area contributed by atoms with Gasteiger partial charge in [-0.2, -0.15) is 0 Å². The van der Waals surface area contributed by atoms with Crippen molar-refractivity contribution in [1.82, 2.24) is 5.32 Å². The smallest absolute Gasteiger partial charge is 0.144 e. The SMILES string of the molecule is COc1cc(N)ccc1NC1CNCC1N. The normalized spacial score (nSPS) is 24.4. The maximum atomic E-state index is 5.96. The van der Waals surface area contributed by atoms with Crippen LogP contribution in [0.25, 0.3) is 0 Å². The summed E-state index contributed by atoms with van der Waals surface area (Å²) >= 11 is 0.